The number of rotatable bonds is 11. The van der Waals surface area contributed by atoms with Gasteiger partial charge in [-0.05, 0) is 41.7 Å². The number of halogens is 3. The van der Waals surface area contributed by atoms with E-state index in [-0.39, 0.29) is 12.2 Å². The van der Waals surface area contributed by atoms with Gasteiger partial charge in [-0.1, -0.05) is 94.0 Å². The molecule has 3 rings (SSSR count). The standard InChI is InChI=1S/C26H31F3O/c1-2-3-4-5-6-7-8-10-20-13-15-21(16-14-20)17-18-24-25(30-24)22-11-9-12-23(19-22)26(27,28)29/h9,11-19,24-25H,2-8,10H2,1H3/t24-,25-/m0/s1. The average Bonchev–Trinajstić information content (AvgIpc) is 3.52. The summed E-state index contributed by atoms with van der Waals surface area (Å²) >= 11 is 0. The lowest BCUT2D eigenvalue weighted by molar-refractivity contribution is -0.137. The van der Waals surface area contributed by atoms with Crippen molar-refractivity contribution < 1.29 is 17.9 Å². The maximum atomic E-state index is 12.9. The molecular formula is C26H31F3O. The van der Waals surface area contributed by atoms with Crippen molar-refractivity contribution in [2.75, 3.05) is 0 Å². The van der Waals surface area contributed by atoms with Crippen LogP contribution in [0.5, 0.6) is 0 Å². The zero-order valence-corrected chi connectivity index (χ0v) is 17.6. The predicted octanol–water partition coefficient (Wildman–Crippen LogP) is 8.15. The molecule has 1 fully saturated rings. The quantitative estimate of drug-likeness (QED) is 0.266. The van der Waals surface area contributed by atoms with Gasteiger partial charge in [-0.15, -0.1) is 0 Å². The summed E-state index contributed by atoms with van der Waals surface area (Å²) in [6.45, 7) is 2.24. The van der Waals surface area contributed by atoms with E-state index < -0.39 is 11.7 Å². The van der Waals surface area contributed by atoms with E-state index >= 15 is 0 Å². The summed E-state index contributed by atoms with van der Waals surface area (Å²) in [5, 5.41) is 0. The van der Waals surface area contributed by atoms with Gasteiger partial charge in [0.15, 0.2) is 0 Å². The zero-order chi connectivity index (χ0) is 21.4. The maximum Gasteiger partial charge on any atom is 0.416 e. The molecule has 162 valence electrons. The van der Waals surface area contributed by atoms with E-state index in [1.807, 2.05) is 12.2 Å². The molecule has 1 nitrogen and oxygen atoms in total. The Morgan fingerprint density at radius 2 is 1.60 bits per heavy atom. The molecule has 0 saturated carbocycles. The topological polar surface area (TPSA) is 12.5 Å². The minimum Gasteiger partial charge on any atom is -0.360 e. The van der Waals surface area contributed by atoms with Gasteiger partial charge >= 0.3 is 6.18 Å². The van der Waals surface area contributed by atoms with Crippen LogP contribution >= 0.6 is 0 Å². The monoisotopic (exact) mass is 416 g/mol. The van der Waals surface area contributed by atoms with E-state index in [2.05, 4.69) is 31.2 Å². The van der Waals surface area contributed by atoms with Crippen LogP contribution in [0.15, 0.2) is 54.6 Å². The number of hydrogen-bond acceptors (Lipinski definition) is 1. The second-order valence-corrected chi connectivity index (χ2v) is 8.12. The van der Waals surface area contributed by atoms with E-state index in [1.54, 1.807) is 6.07 Å². The van der Waals surface area contributed by atoms with E-state index in [0.29, 0.717) is 5.56 Å². The van der Waals surface area contributed by atoms with Gasteiger partial charge in [0.05, 0.1) is 5.56 Å². The Morgan fingerprint density at radius 1 is 0.900 bits per heavy atom. The van der Waals surface area contributed by atoms with E-state index in [4.69, 9.17) is 4.74 Å². The number of epoxide rings is 1. The lowest BCUT2D eigenvalue weighted by atomic mass is 10.0. The molecule has 1 aliphatic heterocycles. The molecule has 30 heavy (non-hydrogen) atoms. The van der Waals surface area contributed by atoms with Gasteiger partial charge in [0.25, 0.3) is 0 Å². The summed E-state index contributed by atoms with van der Waals surface area (Å²) in [6, 6.07) is 13.9. The minimum absolute atomic E-state index is 0.166. The summed E-state index contributed by atoms with van der Waals surface area (Å²) in [5.74, 6) is 0. The van der Waals surface area contributed by atoms with E-state index in [9.17, 15) is 13.2 Å². The summed E-state index contributed by atoms with van der Waals surface area (Å²) in [4.78, 5) is 0. The molecule has 0 aliphatic carbocycles. The molecule has 0 unspecified atom stereocenters. The molecule has 0 aromatic heterocycles. The Balaban J connectivity index is 1.42. The fourth-order valence-electron chi connectivity index (χ4n) is 3.72. The predicted molar refractivity (Wildman–Crippen MR) is 116 cm³/mol. The SMILES string of the molecule is CCCCCCCCCc1ccc(C=C[C@@H]2O[C@H]2c2cccc(C(F)(F)F)c2)cc1. The first kappa shape index (κ1) is 22.6. The van der Waals surface area contributed by atoms with Crippen molar-refractivity contribution >= 4 is 6.08 Å². The molecule has 0 N–H and O–H groups in total. The van der Waals surface area contributed by atoms with Gasteiger partial charge in [-0.2, -0.15) is 13.2 Å². The highest BCUT2D eigenvalue weighted by atomic mass is 19.4. The number of aryl methyl sites for hydroxylation is 1. The normalized spacial score (nSPS) is 18.8. The molecule has 0 radical (unpaired) electrons. The fourth-order valence-corrected chi connectivity index (χ4v) is 3.72. The number of alkyl halides is 3. The Hall–Kier alpha value is -2.07. The van der Waals surface area contributed by atoms with Crippen LogP contribution in [0.25, 0.3) is 6.08 Å². The lowest BCUT2D eigenvalue weighted by Crippen LogP contribution is -2.05. The molecule has 0 spiro atoms. The number of benzene rings is 2. The summed E-state index contributed by atoms with van der Waals surface area (Å²) in [7, 11) is 0. The molecule has 0 bridgehead atoms. The van der Waals surface area contributed by atoms with Crippen LogP contribution in [0.2, 0.25) is 0 Å². The van der Waals surface area contributed by atoms with Crippen molar-refractivity contribution in [3.8, 4) is 0 Å². The Kier molecular flexibility index (Phi) is 8.15. The molecular weight excluding hydrogens is 385 g/mol. The first-order valence-electron chi connectivity index (χ1n) is 11.1. The third-order valence-corrected chi connectivity index (χ3v) is 5.60. The molecule has 2 atom stereocenters. The highest BCUT2D eigenvalue weighted by Gasteiger charge is 2.39. The van der Waals surface area contributed by atoms with Crippen LogP contribution < -0.4 is 0 Å². The van der Waals surface area contributed by atoms with Crippen molar-refractivity contribution in [1.82, 2.24) is 0 Å². The van der Waals surface area contributed by atoms with Crippen LogP contribution in [0.4, 0.5) is 13.2 Å². The highest BCUT2D eigenvalue weighted by Crippen LogP contribution is 2.41. The second-order valence-electron chi connectivity index (χ2n) is 8.12. The summed E-state index contributed by atoms with van der Waals surface area (Å²) < 4.78 is 44.1. The highest BCUT2D eigenvalue weighted by molar-refractivity contribution is 5.51. The molecule has 0 amide bonds. The lowest BCUT2D eigenvalue weighted by Gasteiger charge is -2.07. The molecule has 1 saturated heterocycles. The van der Waals surface area contributed by atoms with Crippen LogP contribution in [0.1, 0.15) is 80.2 Å². The van der Waals surface area contributed by atoms with Crippen molar-refractivity contribution in [3.63, 3.8) is 0 Å². The van der Waals surface area contributed by atoms with Gasteiger partial charge in [0.2, 0.25) is 0 Å². The number of hydrogen-bond donors (Lipinski definition) is 0. The largest absolute Gasteiger partial charge is 0.416 e. The number of unbranched alkanes of at least 4 members (excludes halogenated alkanes) is 6. The first-order chi connectivity index (χ1) is 14.5. The minimum atomic E-state index is -4.33. The fraction of sp³-hybridized carbons (Fsp3) is 0.462. The second kappa shape index (κ2) is 10.8. The Labute approximate surface area is 178 Å². The molecule has 1 aliphatic rings. The average molecular weight is 417 g/mol. The molecule has 1 heterocycles. The van der Waals surface area contributed by atoms with Crippen LogP contribution in [-0.2, 0) is 17.3 Å². The van der Waals surface area contributed by atoms with E-state index in [1.165, 1.54) is 62.6 Å². The van der Waals surface area contributed by atoms with Gasteiger partial charge in [0, 0.05) is 0 Å². The molecule has 2 aromatic rings. The zero-order valence-electron chi connectivity index (χ0n) is 17.6. The van der Waals surface area contributed by atoms with Crippen molar-refractivity contribution in [2.24, 2.45) is 0 Å². The Morgan fingerprint density at radius 3 is 2.30 bits per heavy atom. The van der Waals surface area contributed by atoms with Crippen LogP contribution in [0, 0.1) is 0 Å². The van der Waals surface area contributed by atoms with E-state index in [0.717, 1.165) is 18.1 Å². The summed E-state index contributed by atoms with van der Waals surface area (Å²) in [5.41, 5.74) is 2.38. The van der Waals surface area contributed by atoms with Crippen molar-refractivity contribution in [2.45, 2.75) is 76.7 Å². The van der Waals surface area contributed by atoms with Gasteiger partial charge in [-0.3, -0.25) is 0 Å². The Bertz CT molecular complexity index is 808. The van der Waals surface area contributed by atoms with Crippen molar-refractivity contribution in [3.05, 3.63) is 76.9 Å². The first-order valence-corrected chi connectivity index (χ1v) is 11.1. The molecule has 4 heteroatoms. The maximum absolute atomic E-state index is 12.9. The van der Waals surface area contributed by atoms with Crippen molar-refractivity contribution in [1.29, 1.82) is 0 Å². The van der Waals surface area contributed by atoms with Gasteiger partial charge in [-0.25, -0.2) is 0 Å². The molecule has 2 aromatic carbocycles. The van der Waals surface area contributed by atoms with Crippen LogP contribution in [0.3, 0.4) is 0 Å². The van der Waals surface area contributed by atoms with Gasteiger partial charge in [0.1, 0.15) is 12.2 Å². The number of ether oxygens (including phenoxy) is 1. The summed E-state index contributed by atoms with van der Waals surface area (Å²) in [6.07, 6.45) is 9.44. The van der Waals surface area contributed by atoms with Gasteiger partial charge < -0.3 is 4.74 Å². The van der Waals surface area contributed by atoms with Crippen LogP contribution in [-0.4, -0.2) is 6.10 Å². The third-order valence-electron chi connectivity index (χ3n) is 5.60. The third kappa shape index (κ3) is 7.02. The smallest absolute Gasteiger partial charge is 0.360 e.